The van der Waals surface area contributed by atoms with Gasteiger partial charge in [-0.25, -0.2) is 0 Å². The molecular weight excluding hydrogens is 741 g/mol. The molecule has 0 aliphatic heterocycles. The van der Waals surface area contributed by atoms with Crippen LogP contribution in [0.25, 0.3) is 33.6 Å². The summed E-state index contributed by atoms with van der Waals surface area (Å²) >= 11 is 0. The number of hydrogen-bond donors (Lipinski definition) is 0. The molecule has 3 aromatic carbocycles. The van der Waals surface area contributed by atoms with Crippen LogP contribution in [0.1, 0.15) is 63.1 Å². The molecule has 0 bridgehead atoms. The number of benzene rings is 3. The topological polar surface area (TPSA) is 25.8 Å². The predicted molar refractivity (Wildman–Crippen MR) is 190 cm³/mol. The SMILES string of the molecule is CC(c1cc(-c2[c-]cccc2)ncc1[Si](C)(C)C)C(C)(C)C.[Ir].[c-]1ccccc1-c1ncc(-c2ccccc2)c2c1CCCC2. The Morgan fingerprint density at radius 3 is 1.91 bits per heavy atom. The third-order valence-electron chi connectivity index (χ3n) is 8.95. The molecule has 1 radical (unpaired) electrons. The molecule has 2 nitrogen and oxygen atoms in total. The number of fused-ring (bicyclic) bond motifs is 1. The van der Waals surface area contributed by atoms with Crippen LogP contribution in [-0.2, 0) is 32.9 Å². The van der Waals surface area contributed by atoms with Crippen molar-refractivity contribution in [2.45, 2.75) is 78.9 Å². The summed E-state index contributed by atoms with van der Waals surface area (Å²) in [6, 6.07) is 35.8. The van der Waals surface area contributed by atoms with Crippen molar-refractivity contribution in [1.82, 2.24) is 9.97 Å². The third-order valence-corrected chi connectivity index (χ3v) is 11.0. The van der Waals surface area contributed by atoms with Crippen molar-refractivity contribution < 1.29 is 20.1 Å². The fourth-order valence-electron chi connectivity index (χ4n) is 6.01. The van der Waals surface area contributed by atoms with Crippen LogP contribution < -0.4 is 5.19 Å². The molecule has 5 aromatic rings. The van der Waals surface area contributed by atoms with Crippen molar-refractivity contribution in [3.63, 3.8) is 0 Å². The molecule has 4 heteroatoms. The van der Waals surface area contributed by atoms with E-state index in [1.165, 1.54) is 45.8 Å². The first-order valence-electron chi connectivity index (χ1n) is 16.0. The van der Waals surface area contributed by atoms with Crippen molar-refractivity contribution in [3.05, 3.63) is 126 Å². The molecule has 1 atom stereocenters. The normalized spacial score (nSPS) is 13.5. The molecule has 0 amide bonds. The van der Waals surface area contributed by atoms with E-state index in [2.05, 4.69) is 126 Å². The van der Waals surface area contributed by atoms with Gasteiger partial charge in [0.1, 0.15) is 0 Å². The van der Waals surface area contributed by atoms with Gasteiger partial charge in [-0.05, 0) is 64.7 Å². The quantitative estimate of drug-likeness (QED) is 0.131. The fraction of sp³-hybridized carbons (Fsp3) is 0.317. The minimum atomic E-state index is -1.42. The maximum atomic E-state index is 4.81. The molecule has 6 rings (SSSR count). The number of aromatic nitrogens is 2. The predicted octanol–water partition coefficient (Wildman–Crippen LogP) is 10.3. The van der Waals surface area contributed by atoms with E-state index in [0.29, 0.717) is 5.92 Å². The molecule has 1 aliphatic carbocycles. The Hall–Kier alpha value is -3.17. The largest absolute Gasteiger partial charge is 0.305 e. The Bertz CT molecular complexity index is 1600. The van der Waals surface area contributed by atoms with Crippen LogP contribution >= 0.6 is 0 Å². The molecule has 2 aromatic heterocycles. The van der Waals surface area contributed by atoms with E-state index < -0.39 is 8.07 Å². The Morgan fingerprint density at radius 1 is 0.733 bits per heavy atom. The smallest absolute Gasteiger partial charge is 0.0799 e. The molecule has 0 N–H and O–H groups in total. The van der Waals surface area contributed by atoms with Gasteiger partial charge in [0.05, 0.1) is 8.07 Å². The first-order chi connectivity index (χ1) is 21.0. The maximum Gasteiger partial charge on any atom is 0.0799 e. The van der Waals surface area contributed by atoms with Gasteiger partial charge >= 0.3 is 0 Å². The van der Waals surface area contributed by atoms with Gasteiger partial charge in [0.25, 0.3) is 0 Å². The van der Waals surface area contributed by atoms with Crippen molar-refractivity contribution in [2.24, 2.45) is 5.41 Å². The third kappa shape index (κ3) is 8.36. The molecule has 1 unspecified atom stereocenters. The second kappa shape index (κ2) is 14.9. The van der Waals surface area contributed by atoms with Crippen molar-refractivity contribution >= 4 is 13.3 Å². The van der Waals surface area contributed by atoms with E-state index in [9.17, 15) is 0 Å². The van der Waals surface area contributed by atoms with Crippen LogP contribution in [0.5, 0.6) is 0 Å². The van der Waals surface area contributed by atoms with E-state index in [4.69, 9.17) is 9.97 Å². The van der Waals surface area contributed by atoms with E-state index in [1.807, 2.05) is 30.3 Å². The second-order valence-electron chi connectivity index (χ2n) is 14.1. The molecule has 1 aliphatic rings. The van der Waals surface area contributed by atoms with Gasteiger partial charge in [-0.15, -0.1) is 71.8 Å². The average Bonchev–Trinajstić information content (AvgIpc) is 3.04. The monoisotopic (exact) mass is 787 g/mol. The average molecular weight is 787 g/mol. The molecule has 0 saturated carbocycles. The summed E-state index contributed by atoms with van der Waals surface area (Å²) in [5.74, 6) is 0.500. The van der Waals surface area contributed by atoms with Crippen LogP contribution in [0.3, 0.4) is 0 Å². The van der Waals surface area contributed by atoms with Crippen molar-refractivity contribution in [3.8, 4) is 33.6 Å². The number of pyridine rings is 2. The van der Waals surface area contributed by atoms with Gasteiger partial charge in [-0.3, -0.25) is 0 Å². The Morgan fingerprint density at radius 2 is 1.33 bits per heavy atom. The van der Waals surface area contributed by atoms with Crippen LogP contribution in [0.2, 0.25) is 19.6 Å². The minimum Gasteiger partial charge on any atom is -0.305 e. The fourth-order valence-corrected chi connectivity index (χ4v) is 7.62. The van der Waals surface area contributed by atoms with E-state index >= 15 is 0 Å². The van der Waals surface area contributed by atoms with E-state index in [0.717, 1.165) is 35.4 Å². The van der Waals surface area contributed by atoms with Gasteiger partial charge in [0, 0.05) is 38.1 Å². The zero-order valence-electron chi connectivity index (χ0n) is 27.9. The van der Waals surface area contributed by atoms with Gasteiger partial charge in [0.15, 0.2) is 0 Å². The molecule has 0 spiro atoms. The Kier molecular flexibility index (Phi) is 11.5. The van der Waals surface area contributed by atoms with Gasteiger partial charge in [-0.1, -0.05) is 94.9 Å². The first kappa shape index (κ1) is 34.7. The number of rotatable bonds is 5. The summed E-state index contributed by atoms with van der Waals surface area (Å²) in [4.78, 5) is 9.55. The zero-order chi connectivity index (χ0) is 31.3. The summed E-state index contributed by atoms with van der Waals surface area (Å²) in [7, 11) is -1.42. The molecule has 2 heterocycles. The Balaban J connectivity index is 0.000000200. The van der Waals surface area contributed by atoms with Crippen LogP contribution in [0, 0.1) is 17.5 Å². The molecule has 45 heavy (non-hydrogen) atoms. The Labute approximate surface area is 286 Å². The summed E-state index contributed by atoms with van der Waals surface area (Å²) < 4.78 is 0. The van der Waals surface area contributed by atoms with Crippen molar-refractivity contribution in [1.29, 1.82) is 0 Å². The number of nitrogens with zero attached hydrogens (tertiary/aromatic N) is 2. The van der Waals surface area contributed by atoms with Crippen LogP contribution in [0.4, 0.5) is 0 Å². The van der Waals surface area contributed by atoms with E-state index in [1.54, 1.807) is 0 Å². The molecule has 0 saturated heterocycles. The molecule has 235 valence electrons. The molecular formula is C41H46IrN2Si-2. The second-order valence-corrected chi connectivity index (χ2v) is 19.1. The van der Waals surface area contributed by atoms with Gasteiger partial charge in [-0.2, -0.15) is 0 Å². The van der Waals surface area contributed by atoms with E-state index in [-0.39, 0.29) is 25.5 Å². The molecule has 0 fully saturated rings. The minimum absolute atomic E-state index is 0. The summed E-state index contributed by atoms with van der Waals surface area (Å²) in [6.45, 7) is 16.5. The van der Waals surface area contributed by atoms with Crippen molar-refractivity contribution in [2.75, 3.05) is 0 Å². The summed E-state index contributed by atoms with van der Waals surface area (Å²) in [5.41, 5.74) is 11.5. The zero-order valence-corrected chi connectivity index (χ0v) is 31.3. The van der Waals surface area contributed by atoms with Crippen LogP contribution in [0.15, 0.2) is 97.3 Å². The first-order valence-corrected chi connectivity index (χ1v) is 19.5. The standard InChI is InChI=1S/C21H18N.C20H28NSi.Ir/c1-3-9-16(10-4-1)20-15-22-21(17-11-5-2-6-12-17)19-14-8-7-13-18(19)20;1-15(20(2,3)4)17-13-18(16-11-9-8-10-12-16)21-14-19(17)22(5,6)7;/h1-6,9-11,15H,7-8,13-14H2;8-11,13-15H,1-7H3;/q2*-1;. The summed E-state index contributed by atoms with van der Waals surface area (Å²) in [6.07, 6.45) is 8.99. The summed E-state index contributed by atoms with van der Waals surface area (Å²) in [5, 5.41) is 1.48. The van der Waals surface area contributed by atoms with Gasteiger partial charge in [0.2, 0.25) is 0 Å². The van der Waals surface area contributed by atoms with Gasteiger partial charge < -0.3 is 9.97 Å². The maximum absolute atomic E-state index is 4.81. The van der Waals surface area contributed by atoms with Crippen LogP contribution in [-0.4, -0.2) is 18.0 Å². The number of hydrogen-bond acceptors (Lipinski definition) is 2.